The van der Waals surface area contributed by atoms with Gasteiger partial charge >= 0.3 is 0 Å². The van der Waals surface area contributed by atoms with E-state index in [9.17, 15) is 12.8 Å². The molecule has 0 amide bonds. The number of sulfonamides is 1. The minimum Gasteiger partial charge on any atom is -0.339 e. The first kappa shape index (κ1) is 22.2. The third-order valence-electron chi connectivity index (χ3n) is 5.44. The van der Waals surface area contributed by atoms with Crippen LogP contribution in [-0.4, -0.2) is 41.4 Å². The molecule has 0 radical (unpaired) electrons. The van der Waals surface area contributed by atoms with Gasteiger partial charge in [0, 0.05) is 54.9 Å². The molecule has 2 heterocycles. The van der Waals surface area contributed by atoms with Crippen LogP contribution in [0.15, 0.2) is 60.0 Å². The smallest absolute Gasteiger partial charge is 0.262 e. The summed E-state index contributed by atoms with van der Waals surface area (Å²) in [7, 11) is -2.03. The number of halogens is 3. The highest BCUT2D eigenvalue weighted by atomic mass is 35.5. The molecule has 0 spiro atoms. The van der Waals surface area contributed by atoms with E-state index in [0.29, 0.717) is 16.6 Å². The number of hydrogen-bond acceptors (Lipinski definition) is 4. The monoisotopic (exact) mass is 482 g/mol. The molecule has 164 valence electrons. The van der Waals surface area contributed by atoms with Crippen LogP contribution in [0.3, 0.4) is 0 Å². The van der Waals surface area contributed by atoms with Crippen LogP contribution in [0, 0.1) is 5.82 Å². The summed E-state index contributed by atoms with van der Waals surface area (Å²) < 4.78 is 42.7. The maximum absolute atomic E-state index is 13.4. The van der Waals surface area contributed by atoms with Crippen LogP contribution < -0.4 is 5.32 Å². The van der Waals surface area contributed by atoms with Gasteiger partial charge in [0.1, 0.15) is 5.82 Å². The lowest BCUT2D eigenvalue weighted by molar-refractivity contribution is 0.454. The summed E-state index contributed by atoms with van der Waals surface area (Å²) in [5.41, 5.74) is 1.72. The number of hydrogen-bond donors (Lipinski definition) is 1. The van der Waals surface area contributed by atoms with Gasteiger partial charge in [-0.1, -0.05) is 41.4 Å². The van der Waals surface area contributed by atoms with Crippen LogP contribution in [0.4, 0.5) is 4.39 Å². The van der Waals surface area contributed by atoms with E-state index in [0.717, 1.165) is 11.1 Å². The third kappa shape index (κ3) is 4.78. The third-order valence-corrected chi connectivity index (χ3v) is 7.74. The first-order valence-electron chi connectivity index (χ1n) is 9.65. The summed E-state index contributed by atoms with van der Waals surface area (Å²) in [5.74, 6) is -0.498. The first-order chi connectivity index (χ1) is 14.7. The zero-order valence-corrected chi connectivity index (χ0v) is 19.0. The first-order valence-corrected chi connectivity index (χ1v) is 11.8. The van der Waals surface area contributed by atoms with Gasteiger partial charge in [0.25, 0.3) is 10.0 Å². The molecule has 0 saturated carbocycles. The normalized spacial score (nSPS) is 19.7. The molecule has 2 unspecified atom stereocenters. The Labute approximate surface area is 190 Å². The second-order valence-corrected chi connectivity index (χ2v) is 10.3. The summed E-state index contributed by atoms with van der Waals surface area (Å²) in [6, 6.07) is 11.2. The number of imidazole rings is 1. The minimum atomic E-state index is -3.75. The van der Waals surface area contributed by atoms with E-state index in [1.807, 2.05) is 6.07 Å². The van der Waals surface area contributed by atoms with Crippen molar-refractivity contribution in [3.05, 3.63) is 82.0 Å². The molecule has 31 heavy (non-hydrogen) atoms. The predicted octanol–water partition coefficient (Wildman–Crippen LogP) is 3.81. The second-order valence-electron chi connectivity index (χ2n) is 7.58. The number of nitrogens with one attached hydrogen (secondary N) is 1. The molecule has 1 N–H and O–H groups in total. The van der Waals surface area contributed by atoms with Crippen molar-refractivity contribution >= 4 is 33.2 Å². The summed E-state index contributed by atoms with van der Waals surface area (Å²) in [5, 5.41) is 4.52. The number of aryl methyl sites for hydroxylation is 1. The van der Waals surface area contributed by atoms with Crippen molar-refractivity contribution in [1.29, 1.82) is 0 Å². The molecule has 0 aliphatic carbocycles. The van der Waals surface area contributed by atoms with Gasteiger partial charge in [-0.25, -0.2) is 17.8 Å². The second kappa shape index (κ2) is 8.88. The van der Waals surface area contributed by atoms with Gasteiger partial charge in [0.2, 0.25) is 0 Å². The lowest BCUT2D eigenvalue weighted by Gasteiger charge is -2.20. The lowest BCUT2D eigenvalue weighted by Crippen LogP contribution is -2.36. The molecule has 6 nitrogen and oxygen atoms in total. The maximum atomic E-state index is 13.4. The number of benzene rings is 2. The molecule has 1 aliphatic heterocycles. The van der Waals surface area contributed by atoms with Crippen molar-refractivity contribution in [1.82, 2.24) is 19.2 Å². The Morgan fingerprint density at radius 1 is 1.16 bits per heavy atom. The van der Waals surface area contributed by atoms with E-state index in [1.165, 1.54) is 29.0 Å². The van der Waals surface area contributed by atoms with Gasteiger partial charge in [-0.2, -0.15) is 4.31 Å². The van der Waals surface area contributed by atoms with Crippen LogP contribution in [0.25, 0.3) is 0 Å². The summed E-state index contributed by atoms with van der Waals surface area (Å²) in [6.07, 6.45) is 2.94. The Balaban J connectivity index is 1.59. The topological polar surface area (TPSA) is 67.2 Å². The standard InChI is InChI=1S/C21H21Cl2FN4O2S/c1-27-12-21(26-13-27)31(29,30)28-10-18(14-3-6-17(24)7-4-14)20(11-28)25-9-15-2-5-16(22)8-19(15)23/h2-8,12-13,18,20,25H,9-11H2,1H3. The Hall–Kier alpha value is -1.97. The summed E-state index contributed by atoms with van der Waals surface area (Å²) >= 11 is 12.3. The van der Waals surface area contributed by atoms with Crippen LogP contribution in [0.5, 0.6) is 0 Å². The predicted molar refractivity (Wildman–Crippen MR) is 118 cm³/mol. The SMILES string of the molecule is Cn1cnc(S(=O)(=O)N2CC(NCc3ccc(Cl)cc3Cl)C(c3ccc(F)cc3)C2)c1. The molecule has 2 aromatic carbocycles. The Morgan fingerprint density at radius 2 is 1.90 bits per heavy atom. The Morgan fingerprint density at radius 3 is 2.55 bits per heavy atom. The van der Waals surface area contributed by atoms with Gasteiger partial charge in [-0.05, 0) is 35.4 Å². The molecule has 1 aromatic heterocycles. The van der Waals surface area contributed by atoms with Gasteiger partial charge in [-0.15, -0.1) is 0 Å². The zero-order valence-electron chi connectivity index (χ0n) is 16.7. The van der Waals surface area contributed by atoms with Crippen LogP contribution >= 0.6 is 23.2 Å². The van der Waals surface area contributed by atoms with Crippen molar-refractivity contribution in [2.75, 3.05) is 13.1 Å². The fourth-order valence-electron chi connectivity index (χ4n) is 3.78. The Bertz CT molecular complexity index is 1180. The molecule has 2 atom stereocenters. The van der Waals surface area contributed by atoms with Gasteiger partial charge in [-0.3, -0.25) is 0 Å². The lowest BCUT2D eigenvalue weighted by atomic mass is 9.94. The fraction of sp³-hybridized carbons (Fsp3) is 0.286. The van der Waals surface area contributed by atoms with E-state index in [2.05, 4.69) is 10.3 Å². The molecule has 4 rings (SSSR count). The van der Waals surface area contributed by atoms with Crippen LogP contribution in [0.1, 0.15) is 17.0 Å². The van der Waals surface area contributed by atoms with Gasteiger partial charge < -0.3 is 9.88 Å². The highest BCUT2D eigenvalue weighted by Crippen LogP contribution is 2.32. The van der Waals surface area contributed by atoms with Crippen molar-refractivity contribution in [2.45, 2.75) is 23.5 Å². The summed E-state index contributed by atoms with van der Waals surface area (Å²) in [4.78, 5) is 4.01. The van der Waals surface area contributed by atoms with Crippen molar-refractivity contribution < 1.29 is 12.8 Å². The quantitative estimate of drug-likeness (QED) is 0.579. The number of nitrogens with zero attached hydrogens (tertiary/aromatic N) is 3. The Kier molecular flexibility index (Phi) is 6.37. The highest BCUT2D eigenvalue weighted by Gasteiger charge is 2.40. The molecule has 10 heteroatoms. The van der Waals surface area contributed by atoms with E-state index in [1.54, 1.807) is 35.9 Å². The molecule has 1 saturated heterocycles. The van der Waals surface area contributed by atoms with E-state index >= 15 is 0 Å². The van der Waals surface area contributed by atoms with Crippen molar-refractivity contribution in [3.63, 3.8) is 0 Å². The van der Waals surface area contributed by atoms with E-state index in [-0.39, 0.29) is 35.9 Å². The van der Waals surface area contributed by atoms with Gasteiger partial charge in [0.15, 0.2) is 5.03 Å². The molecular weight excluding hydrogens is 462 g/mol. The average Bonchev–Trinajstić information content (AvgIpc) is 3.35. The molecule has 1 fully saturated rings. The highest BCUT2D eigenvalue weighted by molar-refractivity contribution is 7.89. The number of aromatic nitrogens is 2. The van der Waals surface area contributed by atoms with Crippen molar-refractivity contribution in [2.24, 2.45) is 7.05 Å². The molecule has 3 aromatic rings. The molecule has 0 bridgehead atoms. The van der Waals surface area contributed by atoms with Crippen molar-refractivity contribution in [3.8, 4) is 0 Å². The number of rotatable bonds is 6. The zero-order chi connectivity index (χ0) is 22.2. The summed E-state index contributed by atoms with van der Waals surface area (Å²) in [6.45, 7) is 0.957. The van der Waals surface area contributed by atoms with E-state index in [4.69, 9.17) is 23.2 Å². The maximum Gasteiger partial charge on any atom is 0.262 e. The van der Waals surface area contributed by atoms with Crippen LogP contribution in [-0.2, 0) is 23.6 Å². The van der Waals surface area contributed by atoms with E-state index < -0.39 is 10.0 Å². The van der Waals surface area contributed by atoms with Crippen LogP contribution in [0.2, 0.25) is 10.0 Å². The molecular formula is C21H21Cl2FN4O2S. The fourth-order valence-corrected chi connectivity index (χ4v) is 5.71. The largest absolute Gasteiger partial charge is 0.339 e. The van der Waals surface area contributed by atoms with Gasteiger partial charge in [0.05, 0.1) is 6.33 Å². The average molecular weight is 483 g/mol. The minimum absolute atomic E-state index is 0.00857. The molecule has 1 aliphatic rings.